The third-order valence-corrected chi connectivity index (χ3v) is 3.42. The van der Waals surface area contributed by atoms with Gasteiger partial charge in [0.2, 0.25) is 0 Å². The maximum Gasteiger partial charge on any atom is 0.276 e. The SMILES string of the molecule is COc1ccc(Br)cc1CN(C)C(=O)c1nccnc1N. The lowest BCUT2D eigenvalue weighted by atomic mass is 10.2. The monoisotopic (exact) mass is 350 g/mol. The van der Waals surface area contributed by atoms with Crippen molar-refractivity contribution >= 4 is 27.7 Å². The van der Waals surface area contributed by atoms with Crippen molar-refractivity contribution in [1.82, 2.24) is 14.9 Å². The first kappa shape index (κ1) is 15.2. The second-order valence-corrected chi connectivity index (χ2v) is 5.32. The number of rotatable bonds is 4. The highest BCUT2D eigenvalue weighted by Crippen LogP contribution is 2.24. The molecule has 7 heteroatoms. The molecule has 2 aromatic rings. The number of nitrogen functional groups attached to an aromatic ring is 1. The van der Waals surface area contributed by atoms with Crippen LogP contribution in [0, 0.1) is 0 Å². The summed E-state index contributed by atoms with van der Waals surface area (Å²) in [6.07, 6.45) is 2.89. The Bertz CT molecular complexity index is 663. The number of nitrogens with zero attached hydrogens (tertiary/aromatic N) is 3. The van der Waals surface area contributed by atoms with Crippen molar-refractivity contribution in [2.24, 2.45) is 0 Å². The standard InChI is InChI=1S/C14H15BrN4O2/c1-19(14(20)12-13(16)18-6-5-17-12)8-9-7-10(15)3-4-11(9)21-2/h3-7H,8H2,1-2H3,(H2,16,18). The van der Waals surface area contributed by atoms with E-state index in [4.69, 9.17) is 10.5 Å². The van der Waals surface area contributed by atoms with Crippen LogP contribution in [0.15, 0.2) is 35.1 Å². The van der Waals surface area contributed by atoms with Gasteiger partial charge in [0.05, 0.1) is 7.11 Å². The Morgan fingerprint density at radius 2 is 2.10 bits per heavy atom. The summed E-state index contributed by atoms with van der Waals surface area (Å²) in [7, 11) is 3.27. The van der Waals surface area contributed by atoms with E-state index in [0.29, 0.717) is 12.3 Å². The quantitative estimate of drug-likeness (QED) is 0.912. The minimum atomic E-state index is -0.289. The van der Waals surface area contributed by atoms with E-state index < -0.39 is 0 Å². The van der Waals surface area contributed by atoms with Crippen LogP contribution in [0.3, 0.4) is 0 Å². The Balaban J connectivity index is 2.22. The molecule has 0 aliphatic heterocycles. The fourth-order valence-electron chi connectivity index (χ4n) is 1.89. The molecule has 0 fully saturated rings. The highest BCUT2D eigenvalue weighted by molar-refractivity contribution is 9.10. The highest BCUT2D eigenvalue weighted by Gasteiger charge is 2.18. The molecule has 2 rings (SSSR count). The number of methoxy groups -OCH3 is 1. The van der Waals surface area contributed by atoms with Gasteiger partial charge in [0.1, 0.15) is 5.75 Å². The van der Waals surface area contributed by atoms with Crippen LogP contribution >= 0.6 is 15.9 Å². The lowest BCUT2D eigenvalue weighted by molar-refractivity contribution is 0.0779. The minimum absolute atomic E-state index is 0.121. The van der Waals surface area contributed by atoms with Crippen LogP contribution in [0.5, 0.6) is 5.75 Å². The van der Waals surface area contributed by atoms with Gasteiger partial charge >= 0.3 is 0 Å². The largest absolute Gasteiger partial charge is 0.496 e. The van der Waals surface area contributed by atoms with Crippen molar-refractivity contribution in [3.8, 4) is 5.75 Å². The smallest absolute Gasteiger partial charge is 0.276 e. The average molecular weight is 351 g/mol. The van der Waals surface area contributed by atoms with Gasteiger partial charge in [-0.2, -0.15) is 0 Å². The molecule has 110 valence electrons. The molecule has 1 heterocycles. The number of anilines is 1. The number of amides is 1. The second-order valence-electron chi connectivity index (χ2n) is 4.41. The second kappa shape index (κ2) is 6.53. The Morgan fingerprint density at radius 1 is 1.38 bits per heavy atom. The summed E-state index contributed by atoms with van der Waals surface area (Å²) in [5, 5.41) is 0. The Morgan fingerprint density at radius 3 is 2.76 bits per heavy atom. The van der Waals surface area contributed by atoms with Crippen LogP contribution in [0.2, 0.25) is 0 Å². The summed E-state index contributed by atoms with van der Waals surface area (Å²) in [5.41, 5.74) is 6.71. The number of halogens is 1. The van der Waals surface area contributed by atoms with E-state index >= 15 is 0 Å². The number of hydrogen-bond acceptors (Lipinski definition) is 5. The van der Waals surface area contributed by atoms with E-state index in [1.165, 1.54) is 17.3 Å². The van der Waals surface area contributed by atoms with Crippen LogP contribution in [-0.2, 0) is 6.54 Å². The Kier molecular flexibility index (Phi) is 4.74. The predicted octanol–water partition coefficient (Wildman–Crippen LogP) is 2.10. The van der Waals surface area contributed by atoms with Gasteiger partial charge < -0.3 is 15.4 Å². The first-order chi connectivity index (χ1) is 10.0. The van der Waals surface area contributed by atoms with Crippen LogP contribution in [-0.4, -0.2) is 34.9 Å². The molecule has 2 N–H and O–H groups in total. The molecule has 0 saturated carbocycles. The van der Waals surface area contributed by atoms with Crippen LogP contribution in [0.1, 0.15) is 16.1 Å². The first-order valence-corrected chi connectivity index (χ1v) is 6.96. The first-order valence-electron chi connectivity index (χ1n) is 6.17. The number of nitrogens with two attached hydrogens (primary N) is 1. The number of aromatic nitrogens is 2. The molecule has 0 spiro atoms. The fourth-order valence-corrected chi connectivity index (χ4v) is 2.30. The summed E-state index contributed by atoms with van der Waals surface area (Å²) >= 11 is 3.41. The molecule has 0 aliphatic rings. The van der Waals surface area contributed by atoms with Gasteiger partial charge in [0.25, 0.3) is 5.91 Å². The van der Waals surface area contributed by atoms with Crippen molar-refractivity contribution in [3.05, 3.63) is 46.3 Å². The zero-order valence-corrected chi connectivity index (χ0v) is 13.3. The Labute approximate surface area is 131 Å². The maximum absolute atomic E-state index is 12.3. The summed E-state index contributed by atoms with van der Waals surface area (Å²) in [5.74, 6) is 0.545. The molecule has 21 heavy (non-hydrogen) atoms. The van der Waals surface area contributed by atoms with E-state index in [1.807, 2.05) is 18.2 Å². The van der Waals surface area contributed by atoms with Crippen molar-refractivity contribution in [1.29, 1.82) is 0 Å². The maximum atomic E-state index is 12.3. The van der Waals surface area contributed by atoms with Gasteiger partial charge in [-0.25, -0.2) is 9.97 Å². The van der Waals surface area contributed by atoms with Crippen LogP contribution in [0.4, 0.5) is 5.82 Å². The molecule has 0 radical (unpaired) electrons. The molecular weight excluding hydrogens is 336 g/mol. The lowest BCUT2D eigenvalue weighted by Crippen LogP contribution is -2.28. The Hall–Kier alpha value is -2.15. The summed E-state index contributed by atoms with van der Waals surface area (Å²) in [6.45, 7) is 0.372. The topological polar surface area (TPSA) is 81.3 Å². The molecular formula is C14H15BrN4O2. The van der Waals surface area contributed by atoms with Gasteiger partial charge in [-0.3, -0.25) is 4.79 Å². The molecule has 1 aromatic heterocycles. The van der Waals surface area contributed by atoms with Gasteiger partial charge in [-0.05, 0) is 18.2 Å². The molecule has 1 aromatic carbocycles. The third-order valence-electron chi connectivity index (χ3n) is 2.93. The van der Waals surface area contributed by atoms with Gasteiger partial charge in [-0.1, -0.05) is 15.9 Å². The van der Waals surface area contributed by atoms with E-state index in [0.717, 1.165) is 10.0 Å². The van der Waals surface area contributed by atoms with Crippen LogP contribution in [0.25, 0.3) is 0 Å². The van der Waals surface area contributed by atoms with Crippen LogP contribution < -0.4 is 10.5 Å². The third kappa shape index (κ3) is 3.49. The molecule has 0 atom stereocenters. The number of hydrogen-bond donors (Lipinski definition) is 1. The average Bonchev–Trinajstić information content (AvgIpc) is 2.47. The zero-order chi connectivity index (χ0) is 15.4. The zero-order valence-electron chi connectivity index (χ0n) is 11.7. The number of ether oxygens (including phenoxy) is 1. The minimum Gasteiger partial charge on any atom is -0.496 e. The van der Waals surface area contributed by atoms with Crippen molar-refractivity contribution in [2.45, 2.75) is 6.54 Å². The summed E-state index contributed by atoms with van der Waals surface area (Å²) < 4.78 is 6.21. The van der Waals surface area contributed by atoms with Crippen molar-refractivity contribution in [2.75, 3.05) is 19.9 Å². The molecule has 0 unspecified atom stereocenters. The van der Waals surface area contributed by atoms with Gasteiger partial charge in [0, 0.05) is 36.0 Å². The number of benzene rings is 1. The van der Waals surface area contributed by atoms with Gasteiger partial charge in [0.15, 0.2) is 11.5 Å². The normalized spacial score (nSPS) is 10.2. The molecule has 0 aliphatic carbocycles. The van der Waals surface area contributed by atoms with Crippen molar-refractivity contribution in [3.63, 3.8) is 0 Å². The van der Waals surface area contributed by atoms with E-state index in [-0.39, 0.29) is 17.4 Å². The highest BCUT2D eigenvalue weighted by atomic mass is 79.9. The summed E-state index contributed by atoms with van der Waals surface area (Å²) in [6, 6.07) is 5.63. The van der Waals surface area contributed by atoms with Gasteiger partial charge in [-0.15, -0.1) is 0 Å². The molecule has 1 amide bonds. The molecule has 6 nitrogen and oxygen atoms in total. The predicted molar refractivity (Wildman–Crippen MR) is 82.9 cm³/mol. The van der Waals surface area contributed by atoms with Crippen molar-refractivity contribution < 1.29 is 9.53 Å². The number of carbonyl (C=O) groups is 1. The summed E-state index contributed by atoms with van der Waals surface area (Å²) in [4.78, 5) is 21.7. The van der Waals surface area contributed by atoms with E-state index in [9.17, 15) is 4.79 Å². The van der Waals surface area contributed by atoms with E-state index in [2.05, 4.69) is 25.9 Å². The molecule has 0 bridgehead atoms. The fraction of sp³-hybridized carbons (Fsp3) is 0.214. The lowest BCUT2D eigenvalue weighted by Gasteiger charge is -2.19. The van der Waals surface area contributed by atoms with E-state index in [1.54, 1.807) is 14.2 Å². The number of carbonyl (C=O) groups excluding carboxylic acids is 1. The molecule has 0 saturated heterocycles.